The van der Waals surface area contributed by atoms with E-state index in [1.54, 1.807) is 13.6 Å². The van der Waals surface area contributed by atoms with Crippen LogP contribution in [0.4, 0.5) is 0 Å². The molecule has 113 valence electrons. The summed E-state index contributed by atoms with van der Waals surface area (Å²) in [4.78, 5) is 0. The normalized spacial score (nSPS) is 7.90. The summed E-state index contributed by atoms with van der Waals surface area (Å²) in [6.45, 7) is 22.3. The van der Waals surface area contributed by atoms with E-state index in [0.29, 0.717) is 0 Å². The minimum atomic E-state index is -0.819. The Morgan fingerprint density at radius 3 is 1.45 bits per heavy atom. The van der Waals surface area contributed by atoms with E-state index in [4.69, 9.17) is 27.9 Å². The zero-order valence-corrected chi connectivity index (χ0v) is 16.9. The molecule has 0 unspecified atom stereocenters. The van der Waals surface area contributed by atoms with Crippen LogP contribution >= 0.6 is 0 Å². The van der Waals surface area contributed by atoms with Gasteiger partial charge in [-0.1, -0.05) is 47.3 Å². The first kappa shape index (κ1) is 32.4. The van der Waals surface area contributed by atoms with Crippen molar-refractivity contribution in [2.75, 3.05) is 13.2 Å². The molecule has 0 spiro atoms. The maximum Gasteiger partial charge on any atom is 0.0502 e. The highest BCUT2D eigenvalue weighted by molar-refractivity contribution is 7.28. The molecule has 7 radical (unpaired) electrons. The van der Waals surface area contributed by atoms with Gasteiger partial charge in [-0.05, 0) is 13.0 Å². The van der Waals surface area contributed by atoms with Crippen LogP contribution in [0.3, 0.4) is 0 Å². The highest BCUT2D eigenvalue weighted by atomic mass is 28.3. The van der Waals surface area contributed by atoms with Crippen molar-refractivity contribution < 1.29 is 4.74 Å². The van der Waals surface area contributed by atoms with Gasteiger partial charge in [0.25, 0.3) is 0 Å². The van der Waals surface area contributed by atoms with Crippen LogP contribution in [0.5, 0.6) is 0 Å². The van der Waals surface area contributed by atoms with Crippen molar-refractivity contribution in [3.63, 3.8) is 0 Å². The Morgan fingerprint density at radius 1 is 1.05 bits per heavy atom. The molecule has 0 saturated carbocycles. The first-order chi connectivity index (χ1) is 9.21. The van der Waals surface area contributed by atoms with Gasteiger partial charge in [0.15, 0.2) is 0 Å². The molecule has 0 aromatic heterocycles. The van der Waals surface area contributed by atoms with Gasteiger partial charge >= 0.3 is 0 Å². The predicted octanol–water partition coefficient (Wildman–Crippen LogP) is 3.68. The number of hydrogen-bond acceptors (Lipinski definition) is 1. The lowest BCUT2D eigenvalue weighted by atomic mass is 9.21. The molecule has 0 N–H and O–H groups in total. The summed E-state index contributed by atoms with van der Waals surface area (Å²) in [5.74, 6) is 0. The minimum Gasteiger partial charge on any atom is -0.382 e. The summed E-state index contributed by atoms with van der Waals surface area (Å²) in [5.41, 5.74) is 0. The third-order valence-corrected chi connectivity index (χ3v) is 2.90. The van der Waals surface area contributed by atoms with E-state index in [9.17, 15) is 0 Å². The summed E-state index contributed by atoms with van der Waals surface area (Å²) < 4.78 is 5.24. The van der Waals surface area contributed by atoms with Crippen molar-refractivity contribution in [1.29, 1.82) is 0 Å². The number of ether oxygens (including phenoxy) is 1. The zero-order valence-electron chi connectivity index (χ0n) is 15.9. The molecule has 0 saturated heterocycles. The standard InChI is InChI=1S/C7H18OSi.2C2H6.CH3B3.CH3B2/c1-5-8-6-7-9(2,3)4;2*1-2;1-4(2)3;1-3-2/h5-7H2,1-4H3;2*1-2H3;1H3;1H3. The summed E-state index contributed by atoms with van der Waals surface area (Å²) in [7, 11) is 15.2. The van der Waals surface area contributed by atoms with Gasteiger partial charge in [-0.3, -0.25) is 0 Å². The van der Waals surface area contributed by atoms with E-state index < -0.39 is 8.07 Å². The van der Waals surface area contributed by atoms with E-state index in [1.165, 1.54) is 13.2 Å². The van der Waals surface area contributed by atoms with Crippen LogP contribution in [0.25, 0.3) is 0 Å². The highest BCUT2D eigenvalue weighted by Gasteiger charge is 2.11. The van der Waals surface area contributed by atoms with Gasteiger partial charge in [0.05, 0.1) is 7.17 Å². The zero-order chi connectivity index (χ0) is 17.6. The number of rotatable bonds is 4. The molecule has 0 heterocycles. The van der Waals surface area contributed by atoms with E-state index >= 15 is 0 Å². The Bertz CT molecular complexity index is 119. The van der Waals surface area contributed by atoms with Crippen LogP contribution in [0.1, 0.15) is 34.6 Å². The van der Waals surface area contributed by atoms with Gasteiger partial charge in [0.2, 0.25) is 0 Å². The van der Waals surface area contributed by atoms with Crippen LogP contribution in [0.15, 0.2) is 0 Å². The van der Waals surface area contributed by atoms with Crippen LogP contribution in [-0.4, -0.2) is 58.2 Å². The predicted molar refractivity (Wildman–Crippen MR) is 108 cm³/mol. The highest BCUT2D eigenvalue weighted by Crippen LogP contribution is 2.06. The van der Waals surface area contributed by atoms with E-state index in [0.717, 1.165) is 13.2 Å². The SMILES string of the molecule is CC.CC.CCOCC[Si](C)(C)C.[B]B([B])C.[B][B]C. The van der Waals surface area contributed by atoms with Crippen LogP contribution in [0.2, 0.25) is 39.3 Å². The van der Waals surface area contributed by atoms with Gasteiger partial charge in [-0.15, -0.1) is 13.6 Å². The first-order valence-electron chi connectivity index (χ1n) is 7.79. The van der Waals surface area contributed by atoms with E-state index in [1.807, 2.05) is 34.6 Å². The molecule has 0 fully saturated rings. The third-order valence-electron chi connectivity index (χ3n) is 1.20. The Hall–Kier alpha value is 0.502. The quantitative estimate of drug-likeness (QED) is 0.567. The molecule has 20 heavy (non-hydrogen) atoms. The van der Waals surface area contributed by atoms with Crippen molar-refractivity contribution in [3.8, 4) is 0 Å². The average Bonchev–Trinajstić information content (AvgIpc) is 2.33. The fraction of sp³-hybridized carbons (Fsp3) is 1.00. The van der Waals surface area contributed by atoms with E-state index in [-0.39, 0.29) is 6.49 Å². The second kappa shape index (κ2) is 31.7. The summed E-state index contributed by atoms with van der Waals surface area (Å²) in [5, 5.41) is 0. The molecule has 0 atom stereocenters. The summed E-state index contributed by atoms with van der Waals surface area (Å²) >= 11 is 0. The van der Waals surface area contributed by atoms with Gasteiger partial charge in [0.1, 0.15) is 0 Å². The Kier molecular flexibility index (Phi) is 51.5. The van der Waals surface area contributed by atoms with Crippen molar-refractivity contribution in [1.82, 2.24) is 0 Å². The largest absolute Gasteiger partial charge is 0.382 e. The fourth-order valence-electron chi connectivity index (χ4n) is 0.523. The molecule has 0 bridgehead atoms. The maximum absolute atomic E-state index is 5.24. The Morgan fingerprint density at radius 2 is 1.30 bits per heavy atom. The summed E-state index contributed by atoms with van der Waals surface area (Å²) in [6, 6.07) is 1.29. The monoisotopic (exact) mass is 291 g/mol. The minimum absolute atomic E-state index is 0.167. The Labute approximate surface area is 137 Å². The molecular weight excluding hydrogens is 254 g/mol. The third kappa shape index (κ3) is 134. The van der Waals surface area contributed by atoms with Crippen molar-refractivity contribution in [2.45, 2.75) is 73.9 Å². The lowest BCUT2D eigenvalue weighted by molar-refractivity contribution is 0.161. The van der Waals surface area contributed by atoms with Crippen LogP contribution < -0.4 is 0 Å². The smallest absolute Gasteiger partial charge is 0.0502 e. The molecule has 1 nitrogen and oxygen atoms in total. The molecule has 0 aromatic rings. The fourth-order valence-corrected chi connectivity index (χ4v) is 1.28. The summed E-state index contributed by atoms with van der Waals surface area (Å²) in [6.07, 6.45) is 0. The first-order valence-corrected chi connectivity index (χ1v) is 11.5. The topological polar surface area (TPSA) is 9.23 Å². The maximum atomic E-state index is 5.24. The van der Waals surface area contributed by atoms with Crippen LogP contribution in [0, 0.1) is 0 Å². The lowest BCUT2D eigenvalue weighted by Crippen LogP contribution is -2.21. The van der Waals surface area contributed by atoms with Gasteiger partial charge in [-0.2, -0.15) is 0 Å². The average molecular weight is 291 g/mol. The second-order valence-corrected chi connectivity index (χ2v) is 10.3. The van der Waals surface area contributed by atoms with Crippen molar-refractivity contribution in [2.24, 2.45) is 0 Å². The van der Waals surface area contributed by atoms with E-state index in [2.05, 4.69) is 19.6 Å². The lowest BCUT2D eigenvalue weighted by Gasteiger charge is -2.14. The van der Waals surface area contributed by atoms with Crippen molar-refractivity contribution in [3.05, 3.63) is 0 Å². The molecule has 0 amide bonds. The van der Waals surface area contributed by atoms with Gasteiger partial charge < -0.3 is 4.74 Å². The van der Waals surface area contributed by atoms with Gasteiger partial charge in [-0.25, -0.2) is 0 Å². The molecule has 0 aliphatic rings. The van der Waals surface area contributed by atoms with Crippen molar-refractivity contribution >= 4 is 44.9 Å². The van der Waals surface area contributed by atoms with Crippen LogP contribution in [-0.2, 0) is 4.74 Å². The molecule has 0 rings (SSSR count). The molecule has 7 heteroatoms. The molecule has 0 aromatic carbocycles. The van der Waals surface area contributed by atoms with Gasteiger partial charge in [0, 0.05) is 51.0 Å². The number of hydrogen-bond donors (Lipinski definition) is 0. The Balaban J connectivity index is -0.0000000572. The second-order valence-electron chi connectivity index (χ2n) is 4.70. The molecule has 0 aliphatic heterocycles. The molecular formula is C13H36B5OSi. The molecule has 0 aliphatic carbocycles.